The standard InChI is InChI=1S/C12H18N4O2/c1-14-8-10-3-2-6-15(10)9-4-5-12(16(17)18)11(13)7-9/h4-5,7,10,14H,2-3,6,8,13H2,1H3. The van der Waals surface area contributed by atoms with Crippen LogP contribution < -0.4 is 16.0 Å². The van der Waals surface area contributed by atoms with E-state index in [2.05, 4.69) is 10.2 Å². The molecule has 1 heterocycles. The van der Waals surface area contributed by atoms with Crippen LogP contribution in [0.15, 0.2) is 18.2 Å². The van der Waals surface area contributed by atoms with E-state index in [1.807, 2.05) is 7.05 Å². The van der Waals surface area contributed by atoms with E-state index in [1.54, 1.807) is 12.1 Å². The molecule has 6 nitrogen and oxygen atoms in total. The molecule has 1 aliphatic heterocycles. The number of benzene rings is 1. The molecule has 1 aromatic rings. The van der Waals surface area contributed by atoms with Crippen LogP contribution in [0.25, 0.3) is 0 Å². The third-order valence-corrected chi connectivity index (χ3v) is 3.36. The monoisotopic (exact) mass is 250 g/mol. The maximum absolute atomic E-state index is 10.7. The quantitative estimate of drug-likeness (QED) is 0.479. The van der Waals surface area contributed by atoms with E-state index in [0.29, 0.717) is 6.04 Å². The molecule has 1 saturated heterocycles. The zero-order valence-corrected chi connectivity index (χ0v) is 10.4. The third kappa shape index (κ3) is 2.38. The van der Waals surface area contributed by atoms with Gasteiger partial charge in [-0.1, -0.05) is 0 Å². The number of hydrogen-bond donors (Lipinski definition) is 2. The van der Waals surface area contributed by atoms with E-state index >= 15 is 0 Å². The third-order valence-electron chi connectivity index (χ3n) is 3.36. The van der Waals surface area contributed by atoms with Crippen LogP contribution in [0, 0.1) is 10.1 Å². The van der Waals surface area contributed by atoms with Crippen molar-refractivity contribution in [3.63, 3.8) is 0 Å². The second-order valence-electron chi connectivity index (χ2n) is 4.55. The molecule has 1 unspecified atom stereocenters. The summed E-state index contributed by atoms with van der Waals surface area (Å²) >= 11 is 0. The number of nitrogens with two attached hydrogens (primary N) is 1. The molecule has 1 aliphatic rings. The van der Waals surface area contributed by atoms with Gasteiger partial charge in [0.15, 0.2) is 0 Å². The summed E-state index contributed by atoms with van der Waals surface area (Å²) in [5.41, 5.74) is 6.90. The Hall–Kier alpha value is -1.82. The molecule has 0 amide bonds. The zero-order valence-electron chi connectivity index (χ0n) is 10.4. The summed E-state index contributed by atoms with van der Waals surface area (Å²) < 4.78 is 0. The Morgan fingerprint density at radius 2 is 2.39 bits per heavy atom. The normalized spacial score (nSPS) is 19.2. The minimum Gasteiger partial charge on any atom is -0.393 e. The Morgan fingerprint density at radius 3 is 3.00 bits per heavy atom. The van der Waals surface area contributed by atoms with Gasteiger partial charge >= 0.3 is 0 Å². The molecule has 2 rings (SSSR count). The Balaban J connectivity index is 2.23. The largest absolute Gasteiger partial charge is 0.393 e. The van der Waals surface area contributed by atoms with Crippen LogP contribution in [-0.4, -0.2) is 31.1 Å². The fraction of sp³-hybridized carbons (Fsp3) is 0.500. The lowest BCUT2D eigenvalue weighted by Crippen LogP contribution is -2.36. The highest BCUT2D eigenvalue weighted by atomic mass is 16.6. The first-order valence-corrected chi connectivity index (χ1v) is 6.08. The lowest BCUT2D eigenvalue weighted by atomic mass is 10.2. The van der Waals surface area contributed by atoms with Gasteiger partial charge in [-0.25, -0.2) is 0 Å². The number of likely N-dealkylation sites (N-methyl/N-ethyl adjacent to an activating group) is 1. The summed E-state index contributed by atoms with van der Waals surface area (Å²) in [6.07, 6.45) is 2.28. The Bertz CT molecular complexity index is 450. The van der Waals surface area contributed by atoms with Crippen molar-refractivity contribution in [1.82, 2.24) is 5.32 Å². The fourth-order valence-corrected chi connectivity index (χ4v) is 2.51. The Morgan fingerprint density at radius 1 is 1.61 bits per heavy atom. The van der Waals surface area contributed by atoms with Gasteiger partial charge in [0.25, 0.3) is 5.69 Å². The van der Waals surface area contributed by atoms with Crippen molar-refractivity contribution in [2.75, 3.05) is 30.8 Å². The van der Waals surface area contributed by atoms with E-state index < -0.39 is 4.92 Å². The predicted octanol–water partition coefficient (Wildman–Crippen LogP) is 1.37. The van der Waals surface area contributed by atoms with E-state index in [9.17, 15) is 10.1 Å². The molecule has 1 fully saturated rings. The number of hydrogen-bond acceptors (Lipinski definition) is 5. The molecule has 3 N–H and O–H groups in total. The molecule has 18 heavy (non-hydrogen) atoms. The van der Waals surface area contributed by atoms with Crippen LogP contribution in [0.2, 0.25) is 0 Å². The number of nitrogens with zero attached hydrogens (tertiary/aromatic N) is 2. The summed E-state index contributed by atoms with van der Waals surface area (Å²) in [5.74, 6) is 0. The Labute approximate surface area is 106 Å². The number of nitro benzene ring substituents is 1. The van der Waals surface area contributed by atoms with Gasteiger partial charge in [0, 0.05) is 30.9 Å². The number of nitro groups is 1. The van der Waals surface area contributed by atoms with Gasteiger partial charge < -0.3 is 16.0 Å². The first-order valence-electron chi connectivity index (χ1n) is 6.08. The van der Waals surface area contributed by atoms with Gasteiger partial charge in [-0.2, -0.15) is 0 Å². The second kappa shape index (κ2) is 5.22. The van der Waals surface area contributed by atoms with E-state index in [0.717, 1.165) is 31.6 Å². The number of nitrogen functional groups attached to an aromatic ring is 1. The van der Waals surface area contributed by atoms with E-state index in [-0.39, 0.29) is 11.4 Å². The fourth-order valence-electron chi connectivity index (χ4n) is 2.51. The summed E-state index contributed by atoms with van der Waals surface area (Å²) in [4.78, 5) is 12.5. The van der Waals surface area contributed by atoms with Gasteiger partial charge in [-0.3, -0.25) is 10.1 Å². The molecular formula is C12H18N4O2. The van der Waals surface area contributed by atoms with Crippen molar-refractivity contribution in [2.24, 2.45) is 0 Å². The van der Waals surface area contributed by atoms with Crippen LogP contribution in [-0.2, 0) is 0 Å². The van der Waals surface area contributed by atoms with Crippen molar-refractivity contribution < 1.29 is 4.92 Å². The lowest BCUT2D eigenvalue weighted by molar-refractivity contribution is -0.383. The van der Waals surface area contributed by atoms with Gasteiger partial charge in [0.1, 0.15) is 5.69 Å². The van der Waals surface area contributed by atoms with Crippen molar-refractivity contribution in [1.29, 1.82) is 0 Å². The van der Waals surface area contributed by atoms with E-state index in [1.165, 1.54) is 6.07 Å². The number of anilines is 2. The molecule has 0 spiro atoms. The summed E-state index contributed by atoms with van der Waals surface area (Å²) in [7, 11) is 1.93. The van der Waals surface area contributed by atoms with Crippen LogP contribution in [0.5, 0.6) is 0 Å². The van der Waals surface area contributed by atoms with Crippen molar-refractivity contribution in [3.8, 4) is 0 Å². The van der Waals surface area contributed by atoms with Gasteiger partial charge in [-0.05, 0) is 32.0 Å². The molecule has 6 heteroatoms. The number of nitrogens with one attached hydrogen (secondary N) is 1. The highest BCUT2D eigenvalue weighted by Crippen LogP contribution is 2.31. The molecule has 1 atom stereocenters. The maximum Gasteiger partial charge on any atom is 0.292 e. The van der Waals surface area contributed by atoms with Crippen LogP contribution in [0.4, 0.5) is 17.1 Å². The highest BCUT2D eigenvalue weighted by Gasteiger charge is 2.25. The van der Waals surface area contributed by atoms with Crippen LogP contribution >= 0.6 is 0 Å². The first kappa shape index (κ1) is 12.6. The van der Waals surface area contributed by atoms with Crippen molar-refractivity contribution >= 4 is 17.1 Å². The number of rotatable bonds is 4. The average Bonchev–Trinajstić information content (AvgIpc) is 2.77. The molecule has 1 aromatic carbocycles. The molecular weight excluding hydrogens is 232 g/mol. The predicted molar refractivity (Wildman–Crippen MR) is 71.8 cm³/mol. The van der Waals surface area contributed by atoms with Crippen molar-refractivity contribution in [3.05, 3.63) is 28.3 Å². The first-order chi connectivity index (χ1) is 8.63. The maximum atomic E-state index is 10.7. The average molecular weight is 250 g/mol. The minimum absolute atomic E-state index is 0.0249. The SMILES string of the molecule is CNCC1CCCN1c1ccc([N+](=O)[O-])c(N)c1. The molecule has 98 valence electrons. The molecule has 0 bridgehead atoms. The van der Waals surface area contributed by atoms with Gasteiger partial charge in [-0.15, -0.1) is 0 Å². The molecule has 0 aromatic heterocycles. The van der Waals surface area contributed by atoms with Crippen LogP contribution in [0.1, 0.15) is 12.8 Å². The zero-order chi connectivity index (χ0) is 13.1. The van der Waals surface area contributed by atoms with E-state index in [4.69, 9.17) is 5.73 Å². The second-order valence-corrected chi connectivity index (χ2v) is 4.55. The summed E-state index contributed by atoms with van der Waals surface area (Å²) in [6.45, 7) is 1.89. The summed E-state index contributed by atoms with van der Waals surface area (Å²) in [5, 5.41) is 13.9. The van der Waals surface area contributed by atoms with Gasteiger partial charge in [0.2, 0.25) is 0 Å². The molecule has 0 aliphatic carbocycles. The minimum atomic E-state index is -0.450. The Kier molecular flexibility index (Phi) is 3.66. The topological polar surface area (TPSA) is 84.4 Å². The summed E-state index contributed by atoms with van der Waals surface area (Å²) in [6, 6.07) is 5.41. The van der Waals surface area contributed by atoms with Crippen molar-refractivity contribution in [2.45, 2.75) is 18.9 Å². The van der Waals surface area contributed by atoms with Crippen LogP contribution in [0.3, 0.4) is 0 Å². The molecule has 0 saturated carbocycles. The molecule has 0 radical (unpaired) electrons. The lowest BCUT2D eigenvalue weighted by Gasteiger charge is -2.26. The smallest absolute Gasteiger partial charge is 0.292 e. The van der Waals surface area contributed by atoms with Gasteiger partial charge in [0.05, 0.1) is 4.92 Å². The highest BCUT2D eigenvalue weighted by molar-refractivity contribution is 5.67.